The van der Waals surface area contributed by atoms with E-state index < -0.39 is 6.10 Å². The van der Waals surface area contributed by atoms with Crippen LogP contribution in [0, 0.1) is 0 Å². The van der Waals surface area contributed by atoms with Gasteiger partial charge < -0.3 is 14.2 Å². The van der Waals surface area contributed by atoms with Gasteiger partial charge in [-0.2, -0.15) is 0 Å². The van der Waals surface area contributed by atoms with Gasteiger partial charge in [-0.05, 0) is 70.6 Å². The molecule has 1 unspecified atom stereocenters. The average molecular weight is 1010 g/mol. The van der Waals surface area contributed by atoms with E-state index in [1.54, 1.807) is 0 Å². The summed E-state index contributed by atoms with van der Waals surface area (Å²) in [6, 6.07) is 0. The molecule has 0 aliphatic rings. The fraction of sp³-hybridized carbons (Fsp3) is 0.773. The Hall–Kier alpha value is -3.15. The van der Waals surface area contributed by atoms with Gasteiger partial charge in [0.1, 0.15) is 13.2 Å². The molecule has 0 spiro atoms. The number of esters is 3. The molecule has 416 valence electrons. The number of carbonyl (C=O) groups is 3. The van der Waals surface area contributed by atoms with Crippen molar-refractivity contribution in [1.29, 1.82) is 0 Å². The lowest BCUT2D eigenvalue weighted by molar-refractivity contribution is -0.167. The van der Waals surface area contributed by atoms with Crippen LogP contribution in [0.15, 0.2) is 72.9 Å². The van der Waals surface area contributed by atoms with Gasteiger partial charge in [-0.25, -0.2) is 0 Å². The molecule has 0 saturated heterocycles. The number of rotatable bonds is 56. The molecule has 6 heteroatoms. The first-order valence-corrected chi connectivity index (χ1v) is 30.9. The van der Waals surface area contributed by atoms with Crippen molar-refractivity contribution in [3.63, 3.8) is 0 Å². The molecule has 0 amide bonds. The summed E-state index contributed by atoms with van der Waals surface area (Å²) in [6.45, 7) is 6.55. The average Bonchev–Trinajstić information content (AvgIpc) is 3.38. The lowest BCUT2D eigenvalue weighted by atomic mass is 10.0. The molecule has 0 heterocycles. The molecular weight excluding hydrogens is 889 g/mol. The Labute approximate surface area is 446 Å². The zero-order chi connectivity index (χ0) is 52.2. The summed E-state index contributed by atoms with van der Waals surface area (Å²) in [6.07, 6.45) is 77.5. The van der Waals surface area contributed by atoms with Crippen molar-refractivity contribution in [3.8, 4) is 0 Å². The molecule has 0 rings (SSSR count). The van der Waals surface area contributed by atoms with Crippen LogP contribution in [-0.4, -0.2) is 37.2 Å². The van der Waals surface area contributed by atoms with Crippen LogP contribution >= 0.6 is 0 Å². The van der Waals surface area contributed by atoms with E-state index >= 15 is 0 Å². The Morgan fingerprint density at radius 3 is 0.847 bits per heavy atom. The first-order valence-electron chi connectivity index (χ1n) is 30.9. The largest absolute Gasteiger partial charge is 0.462 e. The molecule has 0 fully saturated rings. The van der Waals surface area contributed by atoms with E-state index in [-0.39, 0.29) is 31.1 Å². The van der Waals surface area contributed by atoms with Gasteiger partial charge in [-0.1, -0.05) is 293 Å². The Morgan fingerprint density at radius 1 is 0.292 bits per heavy atom. The van der Waals surface area contributed by atoms with Gasteiger partial charge in [0, 0.05) is 19.3 Å². The summed E-state index contributed by atoms with van der Waals surface area (Å²) in [4.78, 5) is 38.2. The van der Waals surface area contributed by atoms with Gasteiger partial charge >= 0.3 is 17.9 Å². The van der Waals surface area contributed by atoms with Gasteiger partial charge in [0.25, 0.3) is 0 Å². The topological polar surface area (TPSA) is 78.9 Å². The van der Waals surface area contributed by atoms with E-state index in [0.717, 1.165) is 103 Å². The third-order valence-electron chi connectivity index (χ3n) is 13.5. The van der Waals surface area contributed by atoms with Crippen molar-refractivity contribution in [1.82, 2.24) is 0 Å². The summed E-state index contributed by atoms with van der Waals surface area (Å²) < 4.78 is 16.9. The summed E-state index contributed by atoms with van der Waals surface area (Å²) in [5, 5.41) is 0. The predicted molar refractivity (Wildman–Crippen MR) is 311 cm³/mol. The van der Waals surface area contributed by atoms with Crippen molar-refractivity contribution in [2.45, 2.75) is 316 Å². The van der Waals surface area contributed by atoms with E-state index in [4.69, 9.17) is 14.2 Å². The molecular formula is C66H116O6. The lowest BCUT2D eigenvalue weighted by Crippen LogP contribution is -2.30. The van der Waals surface area contributed by atoms with Crippen molar-refractivity contribution in [3.05, 3.63) is 72.9 Å². The number of hydrogen-bond acceptors (Lipinski definition) is 6. The van der Waals surface area contributed by atoms with Crippen LogP contribution in [0.3, 0.4) is 0 Å². The smallest absolute Gasteiger partial charge is 0.306 e. The van der Waals surface area contributed by atoms with Crippen LogP contribution in [0.4, 0.5) is 0 Å². The van der Waals surface area contributed by atoms with Crippen LogP contribution in [0.1, 0.15) is 310 Å². The molecule has 72 heavy (non-hydrogen) atoms. The number of allylic oxidation sites excluding steroid dienone is 12. The Morgan fingerprint density at radius 2 is 0.542 bits per heavy atom. The molecule has 0 aromatic heterocycles. The highest BCUT2D eigenvalue weighted by atomic mass is 16.6. The van der Waals surface area contributed by atoms with E-state index in [1.165, 1.54) is 167 Å². The Balaban J connectivity index is 4.33. The second-order valence-corrected chi connectivity index (χ2v) is 20.6. The quantitative estimate of drug-likeness (QED) is 0.0261. The van der Waals surface area contributed by atoms with Crippen molar-refractivity contribution >= 4 is 17.9 Å². The van der Waals surface area contributed by atoms with Gasteiger partial charge in [-0.3, -0.25) is 14.4 Å². The normalized spacial score (nSPS) is 12.5. The van der Waals surface area contributed by atoms with Gasteiger partial charge in [0.2, 0.25) is 0 Å². The first kappa shape index (κ1) is 68.8. The van der Waals surface area contributed by atoms with Crippen LogP contribution in [0.5, 0.6) is 0 Å². The van der Waals surface area contributed by atoms with Crippen LogP contribution in [0.2, 0.25) is 0 Å². The van der Waals surface area contributed by atoms with E-state index in [1.807, 2.05) is 0 Å². The van der Waals surface area contributed by atoms with Crippen molar-refractivity contribution in [2.75, 3.05) is 13.2 Å². The zero-order valence-electron chi connectivity index (χ0n) is 47.7. The fourth-order valence-corrected chi connectivity index (χ4v) is 8.86. The number of hydrogen-bond donors (Lipinski definition) is 0. The molecule has 0 aliphatic carbocycles. The highest BCUT2D eigenvalue weighted by molar-refractivity contribution is 5.71. The van der Waals surface area contributed by atoms with Crippen molar-refractivity contribution in [2.24, 2.45) is 0 Å². The molecule has 6 nitrogen and oxygen atoms in total. The minimum absolute atomic E-state index is 0.0756. The van der Waals surface area contributed by atoms with E-state index in [9.17, 15) is 14.4 Å². The maximum atomic E-state index is 12.9. The molecule has 0 N–H and O–H groups in total. The molecule has 0 aliphatic heterocycles. The highest BCUT2D eigenvalue weighted by Gasteiger charge is 2.19. The SMILES string of the molecule is CC/C=C\C/C=C\C/C=C\C/C=C\C/C=C\C/C=C\CCCCCCCCC(=O)OCC(COC(=O)CCCCCCCCCCCCCCC)OC(=O)CCCCCCCCCCCCCCCCCC. The lowest BCUT2D eigenvalue weighted by Gasteiger charge is -2.18. The van der Waals surface area contributed by atoms with Gasteiger partial charge in [0.15, 0.2) is 6.10 Å². The number of carbonyl (C=O) groups excluding carboxylic acids is 3. The maximum absolute atomic E-state index is 12.9. The fourth-order valence-electron chi connectivity index (χ4n) is 8.86. The van der Waals surface area contributed by atoms with E-state index in [2.05, 4.69) is 93.7 Å². The Kier molecular flexibility index (Phi) is 57.8. The zero-order valence-corrected chi connectivity index (χ0v) is 47.7. The second kappa shape index (κ2) is 60.4. The molecule has 0 saturated carbocycles. The number of ether oxygens (including phenoxy) is 3. The van der Waals surface area contributed by atoms with Crippen LogP contribution in [-0.2, 0) is 28.6 Å². The minimum atomic E-state index is -0.778. The van der Waals surface area contributed by atoms with Crippen molar-refractivity contribution < 1.29 is 28.6 Å². The first-order chi connectivity index (χ1) is 35.5. The summed E-state index contributed by atoms with van der Waals surface area (Å²) in [5.74, 6) is -0.875. The molecule has 0 radical (unpaired) electrons. The third-order valence-corrected chi connectivity index (χ3v) is 13.5. The van der Waals surface area contributed by atoms with Gasteiger partial charge in [0.05, 0.1) is 0 Å². The standard InChI is InChI=1S/C66H116O6/c1-4-7-10-13-16-19-22-25-27-29-30-31-32-33-34-35-36-37-39-41-44-47-50-53-56-59-65(68)71-62-63(61-70-64(67)58-55-52-49-46-43-40-24-21-18-15-12-9-6-3)72-66(69)60-57-54-51-48-45-42-38-28-26-23-20-17-14-11-8-5-2/h7,10,16,19,25,27,30-31,33-34,36-37,63H,4-6,8-9,11-15,17-18,20-24,26,28-29,32,35,38-62H2,1-3H3/b10-7-,19-16-,27-25-,31-30-,34-33-,37-36-. The van der Waals surface area contributed by atoms with Crippen LogP contribution in [0.25, 0.3) is 0 Å². The second-order valence-electron chi connectivity index (χ2n) is 20.6. The van der Waals surface area contributed by atoms with Gasteiger partial charge in [-0.15, -0.1) is 0 Å². The minimum Gasteiger partial charge on any atom is -0.462 e. The highest BCUT2D eigenvalue weighted by Crippen LogP contribution is 2.17. The molecule has 1 atom stereocenters. The molecule has 0 aromatic rings. The molecule has 0 bridgehead atoms. The third kappa shape index (κ3) is 57.7. The van der Waals surface area contributed by atoms with Crippen LogP contribution < -0.4 is 0 Å². The maximum Gasteiger partial charge on any atom is 0.306 e. The predicted octanol–water partition coefficient (Wildman–Crippen LogP) is 20.9. The summed E-state index contributed by atoms with van der Waals surface area (Å²) >= 11 is 0. The monoisotopic (exact) mass is 1000 g/mol. The van der Waals surface area contributed by atoms with E-state index in [0.29, 0.717) is 19.3 Å². The summed E-state index contributed by atoms with van der Waals surface area (Å²) in [5.41, 5.74) is 0. The number of unbranched alkanes of at least 4 members (excludes halogenated alkanes) is 33. The molecule has 0 aromatic carbocycles. The summed E-state index contributed by atoms with van der Waals surface area (Å²) in [7, 11) is 0. The Bertz CT molecular complexity index is 1340.